The molecule has 31 heavy (non-hydrogen) atoms. The van der Waals surface area contributed by atoms with Crippen LogP contribution in [0.3, 0.4) is 0 Å². The Kier molecular flexibility index (Phi) is 5.89. The average Bonchev–Trinajstić information content (AvgIpc) is 2.80. The van der Waals surface area contributed by atoms with E-state index in [1.54, 1.807) is 18.3 Å². The first kappa shape index (κ1) is 20.8. The summed E-state index contributed by atoms with van der Waals surface area (Å²) in [7, 11) is 0. The van der Waals surface area contributed by atoms with E-state index in [-0.39, 0.29) is 17.9 Å². The number of pyridine rings is 1. The predicted molar refractivity (Wildman–Crippen MR) is 122 cm³/mol. The number of aromatic nitrogens is 1. The van der Waals surface area contributed by atoms with Gasteiger partial charge in [0.1, 0.15) is 5.82 Å². The molecule has 0 bridgehead atoms. The number of carbonyl (C=O) groups is 2. The molecule has 1 aromatic heterocycles. The molecule has 3 aromatic rings. The van der Waals surface area contributed by atoms with Crippen LogP contribution < -0.4 is 16.8 Å². The van der Waals surface area contributed by atoms with Gasteiger partial charge in [-0.25, -0.2) is 4.98 Å². The van der Waals surface area contributed by atoms with Gasteiger partial charge < -0.3 is 16.8 Å². The normalized spacial score (nSPS) is 16.5. The molecular weight excluding hydrogens is 388 g/mol. The van der Waals surface area contributed by atoms with E-state index in [9.17, 15) is 9.59 Å². The number of rotatable bonds is 6. The summed E-state index contributed by atoms with van der Waals surface area (Å²) >= 11 is 0. The van der Waals surface area contributed by atoms with Crippen LogP contribution in [0.2, 0.25) is 0 Å². The van der Waals surface area contributed by atoms with Crippen molar-refractivity contribution in [1.29, 1.82) is 0 Å². The van der Waals surface area contributed by atoms with Gasteiger partial charge in [-0.1, -0.05) is 55.7 Å². The molecule has 1 fully saturated rings. The summed E-state index contributed by atoms with van der Waals surface area (Å²) in [5.74, 6) is -0.0944. The van der Waals surface area contributed by atoms with E-state index in [0.29, 0.717) is 17.8 Å². The maximum absolute atomic E-state index is 13.2. The number of anilines is 1. The fourth-order valence-electron chi connectivity index (χ4n) is 4.68. The number of nitrogens with zero attached hydrogens (tertiary/aromatic N) is 1. The molecular formula is C25H28N4O2. The Morgan fingerprint density at radius 3 is 2.48 bits per heavy atom. The first-order valence-corrected chi connectivity index (χ1v) is 10.8. The maximum Gasteiger partial charge on any atom is 0.251 e. The van der Waals surface area contributed by atoms with Crippen molar-refractivity contribution >= 4 is 28.4 Å². The summed E-state index contributed by atoms with van der Waals surface area (Å²) in [5.41, 5.74) is 12.7. The Balaban J connectivity index is 1.64. The Morgan fingerprint density at radius 2 is 1.77 bits per heavy atom. The molecule has 6 heteroatoms. The van der Waals surface area contributed by atoms with Gasteiger partial charge in [-0.2, -0.15) is 0 Å². The van der Waals surface area contributed by atoms with Crippen molar-refractivity contribution in [2.45, 2.75) is 44.6 Å². The molecule has 6 nitrogen and oxygen atoms in total. The van der Waals surface area contributed by atoms with Crippen molar-refractivity contribution < 1.29 is 9.59 Å². The van der Waals surface area contributed by atoms with Crippen LogP contribution in [0, 0.1) is 5.41 Å². The van der Waals surface area contributed by atoms with E-state index in [0.717, 1.165) is 48.4 Å². The van der Waals surface area contributed by atoms with Crippen LogP contribution in [0.15, 0.2) is 60.8 Å². The average molecular weight is 417 g/mol. The fourth-order valence-corrected chi connectivity index (χ4v) is 4.68. The van der Waals surface area contributed by atoms with Crippen molar-refractivity contribution in [3.63, 3.8) is 0 Å². The number of amides is 2. The lowest BCUT2D eigenvalue weighted by atomic mass is 9.69. The summed E-state index contributed by atoms with van der Waals surface area (Å²) in [4.78, 5) is 29.8. The number of nitrogens with two attached hydrogens (primary N) is 2. The van der Waals surface area contributed by atoms with E-state index in [2.05, 4.69) is 10.3 Å². The predicted octanol–water partition coefficient (Wildman–Crippen LogP) is 4.11. The molecule has 1 heterocycles. The van der Waals surface area contributed by atoms with Crippen LogP contribution in [0.1, 0.15) is 60.5 Å². The van der Waals surface area contributed by atoms with Gasteiger partial charge in [0.25, 0.3) is 5.91 Å². The lowest BCUT2D eigenvalue weighted by Gasteiger charge is -2.37. The minimum Gasteiger partial charge on any atom is -0.383 e. The number of carbonyl (C=O) groups excluding carboxylic acids is 2. The molecule has 1 atom stereocenters. The number of nitrogens with one attached hydrogen (secondary N) is 1. The smallest absolute Gasteiger partial charge is 0.251 e. The van der Waals surface area contributed by atoms with Gasteiger partial charge in [0.15, 0.2) is 0 Å². The van der Waals surface area contributed by atoms with Gasteiger partial charge in [0.05, 0.1) is 11.5 Å². The van der Waals surface area contributed by atoms with Gasteiger partial charge in [-0.05, 0) is 48.4 Å². The highest BCUT2D eigenvalue weighted by Crippen LogP contribution is 2.43. The van der Waals surface area contributed by atoms with Crippen LogP contribution in [-0.2, 0) is 4.79 Å². The van der Waals surface area contributed by atoms with E-state index in [4.69, 9.17) is 11.5 Å². The SMILES string of the molecule is NC(=O)C1(CC(NC(=O)c2ccc3ccnc(N)c3c2)c2ccccc2)CCCCC1. The lowest BCUT2D eigenvalue weighted by Crippen LogP contribution is -2.43. The quantitative estimate of drug-likeness (QED) is 0.561. The molecule has 5 N–H and O–H groups in total. The Labute approximate surface area is 182 Å². The molecule has 4 rings (SSSR count). The summed E-state index contributed by atoms with van der Waals surface area (Å²) in [6, 6.07) is 16.7. The van der Waals surface area contributed by atoms with Crippen LogP contribution in [0.25, 0.3) is 10.8 Å². The molecule has 1 aliphatic carbocycles. The molecule has 0 radical (unpaired) electrons. The summed E-state index contributed by atoms with van der Waals surface area (Å²) in [6.07, 6.45) is 6.75. The van der Waals surface area contributed by atoms with Crippen molar-refractivity contribution in [2.75, 3.05) is 5.73 Å². The first-order valence-electron chi connectivity index (χ1n) is 10.8. The molecule has 0 saturated heterocycles. The largest absolute Gasteiger partial charge is 0.383 e. The second kappa shape index (κ2) is 8.76. The summed E-state index contributed by atoms with van der Waals surface area (Å²) < 4.78 is 0. The fraction of sp³-hybridized carbons (Fsp3) is 0.320. The van der Waals surface area contributed by atoms with Crippen molar-refractivity contribution in [2.24, 2.45) is 11.1 Å². The van der Waals surface area contributed by atoms with Crippen LogP contribution in [-0.4, -0.2) is 16.8 Å². The highest BCUT2D eigenvalue weighted by molar-refractivity contribution is 6.01. The number of hydrogen-bond acceptors (Lipinski definition) is 4. The standard InChI is InChI=1S/C25H28N4O2/c26-22-20-15-19(10-9-17(20)11-14-28-22)23(30)29-21(18-7-3-1-4-8-18)16-25(24(27)31)12-5-2-6-13-25/h1,3-4,7-11,14-15,21H,2,5-6,12-13,16H2,(H2,26,28)(H2,27,31)(H,29,30). The van der Waals surface area contributed by atoms with Gasteiger partial charge in [0, 0.05) is 17.1 Å². The molecule has 2 amide bonds. The Morgan fingerprint density at radius 1 is 1.03 bits per heavy atom. The van der Waals surface area contributed by atoms with Crippen LogP contribution in [0.4, 0.5) is 5.82 Å². The van der Waals surface area contributed by atoms with Gasteiger partial charge in [-0.3, -0.25) is 9.59 Å². The maximum atomic E-state index is 13.2. The number of nitrogen functional groups attached to an aromatic ring is 1. The van der Waals surface area contributed by atoms with E-state index in [1.165, 1.54) is 0 Å². The Bertz CT molecular complexity index is 1090. The van der Waals surface area contributed by atoms with Crippen molar-refractivity contribution in [3.05, 3.63) is 71.9 Å². The van der Waals surface area contributed by atoms with E-state index >= 15 is 0 Å². The second-order valence-electron chi connectivity index (χ2n) is 8.48. The lowest BCUT2D eigenvalue weighted by molar-refractivity contribution is -0.130. The first-order chi connectivity index (χ1) is 15.0. The van der Waals surface area contributed by atoms with Crippen LogP contribution in [0.5, 0.6) is 0 Å². The minimum absolute atomic E-state index is 0.213. The highest BCUT2D eigenvalue weighted by atomic mass is 16.2. The minimum atomic E-state index is -0.593. The van der Waals surface area contributed by atoms with Gasteiger partial charge in [-0.15, -0.1) is 0 Å². The van der Waals surface area contributed by atoms with Gasteiger partial charge in [0.2, 0.25) is 5.91 Å². The number of benzene rings is 2. The molecule has 160 valence electrons. The van der Waals surface area contributed by atoms with Crippen LogP contribution >= 0.6 is 0 Å². The molecule has 0 spiro atoms. The van der Waals surface area contributed by atoms with Crippen molar-refractivity contribution in [1.82, 2.24) is 10.3 Å². The monoisotopic (exact) mass is 416 g/mol. The second-order valence-corrected chi connectivity index (χ2v) is 8.48. The van der Waals surface area contributed by atoms with Gasteiger partial charge >= 0.3 is 0 Å². The zero-order valence-corrected chi connectivity index (χ0v) is 17.5. The summed E-state index contributed by atoms with van der Waals surface area (Å²) in [5, 5.41) is 4.82. The number of primary amides is 1. The number of fused-ring (bicyclic) bond motifs is 1. The molecule has 1 unspecified atom stereocenters. The highest BCUT2D eigenvalue weighted by Gasteiger charge is 2.40. The molecule has 1 aliphatic rings. The molecule has 0 aliphatic heterocycles. The third kappa shape index (κ3) is 4.38. The van der Waals surface area contributed by atoms with Crippen molar-refractivity contribution in [3.8, 4) is 0 Å². The van der Waals surface area contributed by atoms with E-state index < -0.39 is 5.41 Å². The van der Waals surface area contributed by atoms with E-state index in [1.807, 2.05) is 42.5 Å². The molecule has 2 aromatic carbocycles. The third-order valence-corrected chi connectivity index (χ3v) is 6.49. The topological polar surface area (TPSA) is 111 Å². The Hall–Kier alpha value is -3.41. The summed E-state index contributed by atoms with van der Waals surface area (Å²) in [6.45, 7) is 0. The molecule has 1 saturated carbocycles. The third-order valence-electron chi connectivity index (χ3n) is 6.49. The zero-order chi connectivity index (χ0) is 21.8. The zero-order valence-electron chi connectivity index (χ0n) is 17.5. The number of hydrogen-bond donors (Lipinski definition) is 3.